The maximum Gasteiger partial charge on any atom is 0.406 e. The molecule has 6 heteroatoms. The molecule has 0 atom stereocenters. The van der Waals surface area contributed by atoms with Crippen molar-refractivity contribution in [3.05, 3.63) is 63.8 Å². The highest BCUT2D eigenvalue weighted by atomic mass is 16.6. The van der Waals surface area contributed by atoms with E-state index in [1.54, 1.807) is 30.3 Å². The quantitative estimate of drug-likeness (QED) is 0.618. The summed E-state index contributed by atoms with van der Waals surface area (Å²) in [5.41, 5.74) is 1.28. The fraction of sp³-hybridized carbons (Fsp3) is 0.0769. The minimum atomic E-state index is -0.596. The van der Waals surface area contributed by atoms with E-state index >= 15 is 0 Å². The number of nitro groups is 1. The largest absolute Gasteiger partial charge is 0.481 e. The molecule has 0 aliphatic carbocycles. The predicted octanol–water partition coefficient (Wildman–Crippen LogP) is 2.44. The van der Waals surface area contributed by atoms with Gasteiger partial charge in [0.1, 0.15) is 12.8 Å². The summed E-state index contributed by atoms with van der Waals surface area (Å²) in [4.78, 5) is 13.8. The van der Waals surface area contributed by atoms with Crippen LogP contribution in [0.2, 0.25) is 0 Å². The standard InChI is InChI=1S/C13H9N3O3/c14-8-10-3-1-4-11(7-10)9-19-12-5-2-6-15-13(12)16(17)18/h1-7H,9H2. The molecule has 1 aromatic heterocycles. The van der Waals surface area contributed by atoms with Crippen LogP contribution in [0, 0.1) is 21.4 Å². The predicted molar refractivity (Wildman–Crippen MR) is 66.4 cm³/mol. The van der Waals surface area contributed by atoms with E-state index in [-0.39, 0.29) is 18.2 Å². The molecule has 6 nitrogen and oxygen atoms in total. The lowest BCUT2D eigenvalue weighted by Gasteiger charge is -2.06. The van der Waals surface area contributed by atoms with Gasteiger partial charge in [0.2, 0.25) is 5.75 Å². The molecular formula is C13H9N3O3. The monoisotopic (exact) mass is 255 g/mol. The number of nitrogens with zero attached hydrogens (tertiary/aromatic N) is 3. The van der Waals surface area contributed by atoms with E-state index in [0.717, 1.165) is 5.56 Å². The van der Waals surface area contributed by atoms with E-state index in [4.69, 9.17) is 10.00 Å². The molecule has 0 aliphatic rings. The van der Waals surface area contributed by atoms with Crippen LogP contribution in [0.25, 0.3) is 0 Å². The maximum absolute atomic E-state index is 10.8. The number of benzene rings is 1. The number of aromatic nitrogens is 1. The van der Waals surface area contributed by atoms with Crippen molar-refractivity contribution in [2.45, 2.75) is 6.61 Å². The fourth-order valence-corrected chi connectivity index (χ4v) is 1.52. The Kier molecular flexibility index (Phi) is 3.69. The highest BCUT2D eigenvalue weighted by molar-refractivity contribution is 5.39. The van der Waals surface area contributed by atoms with Gasteiger partial charge in [-0.15, -0.1) is 0 Å². The molecule has 1 heterocycles. The van der Waals surface area contributed by atoms with Crippen LogP contribution in [0.4, 0.5) is 5.82 Å². The van der Waals surface area contributed by atoms with Crippen molar-refractivity contribution in [2.24, 2.45) is 0 Å². The smallest absolute Gasteiger partial charge is 0.406 e. The number of ether oxygens (including phenoxy) is 1. The molecule has 0 aliphatic heterocycles. The van der Waals surface area contributed by atoms with E-state index in [1.807, 2.05) is 6.07 Å². The van der Waals surface area contributed by atoms with Gasteiger partial charge in [-0.25, -0.2) is 0 Å². The Bertz CT molecular complexity index is 650. The topological polar surface area (TPSA) is 89.0 Å². The summed E-state index contributed by atoms with van der Waals surface area (Å²) >= 11 is 0. The van der Waals surface area contributed by atoms with Crippen LogP contribution in [0.1, 0.15) is 11.1 Å². The fourth-order valence-electron chi connectivity index (χ4n) is 1.52. The molecule has 2 rings (SSSR count). The Morgan fingerprint density at radius 1 is 1.37 bits per heavy atom. The number of pyridine rings is 1. The summed E-state index contributed by atoms with van der Waals surface area (Å²) in [5.74, 6) is -0.214. The summed E-state index contributed by atoms with van der Waals surface area (Å²) in [6.07, 6.45) is 1.33. The molecule has 19 heavy (non-hydrogen) atoms. The molecule has 94 valence electrons. The first-order valence-corrected chi connectivity index (χ1v) is 5.42. The summed E-state index contributed by atoms with van der Waals surface area (Å²) in [6.45, 7) is 0.141. The summed E-state index contributed by atoms with van der Waals surface area (Å²) in [7, 11) is 0. The van der Waals surface area contributed by atoms with Gasteiger partial charge in [0.15, 0.2) is 0 Å². The molecule has 2 aromatic rings. The van der Waals surface area contributed by atoms with Crippen LogP contribution in [0.5, 0.6) is 5.75 Å². The zero-order valence-electron chi connectivity index (χ0n) is 9.81. The molecule has 0 N–H and O–H groups in total. The van der Waals surface area contributed by atoms with Crippen molar-refractivity contribution < 1.29 is 9.66 Å². The van der Waals surface area contributed by atoms with Gasteiger partial charge in [-0.1, -0.05) is 12.1 Å². The van der Waals surface area contributed by atoms with Crippen LogP contribution in [0.3, 0.4) is 0 Å². The second kappa shape index (κ2) is 5.60. The van der Waals surface area contributed by atoms with Gasteiger partial charge in [0, 0.05) is 0 Å². The van der Waals surface area contributed by atoms with Crippen molar-refractivity contribution in [2.75, 3.05) is 0 Å². The Balaban J connectivity index is 2.15. The minimum absolute atomic E-state index is 0.106. The lowest BCUT2D eigenvalue weighted by molar-refractivity contribution is -0.390. The molecule has 0 radical (unpaired) electrons. The van der Waals surface area contributed by atoms with Crippen LogP contribution < -0.4 is 4.74 Å². The SMILES string of the molecule is N#Cc1cccc(COc2cccnc2[N+](=O)[O-])c1. The highest BCUT2D eigenvalue weighted by Gasteiger charge is 2.15. The lowest BCUT2D eigenvalue weighted by Crippen LogP contribution is -2.00. The van der Waals surface area contributed by atoms with Gasteiger partial charge in [-0.2, -0.15) is 5.26 Å². The van der Waals surface area contributed by atoms with Gasteiger partial charge in [0.25, 0.3) is 0 Å². The van der Waals surface area contributed by atoms with Gasteiger partial charge < -0.3 is 14.9 Å². The summed E-state index contributed by atoms with van der Waals surface area (Å²) in [6, 6.07) is 11.9. The number of nitriles is 1. The Morgan fingerprint density at radius 2 is 2.21 bits per heavy atom. The average Bonchev–Trinajstić information content (AvgIpc) is 2.45. The van der Waals surface area contributed by atoms with E-state index in [9.17, 15) is 10.1 Å². The van der Waals surface area contributed by atoms with Crippen molar-refractivity contribution in [3.63, 3.8) is 0 Å². The van der Waals surface area contributed by atoms with Crippen LogP contribution in [-0.2, 0) is 6.61 Å². The van der Waals surface area contributed by atoms with Crippen molar-refractivity contribution >= 4 is 5.82 Å². The van der Waals surface area contributed by atoms with Gasteiger partial charge in [0.05, 0.1) is 11.6 Å². The molecule has 1 aromatic carbocycles. The Labute approximate surface area is 109 Å². The van der Waals surface area contributed by atoms with Gasteiger partial charge >= 0.3 is 5.82 Å². The first-order valence-electron chi connectivity index (χ1n) is 5.42. The third-order valence-corrected chi connectivity index (χ3v) is 2.37. The van der Waals surface area contributed by atoms with Gasteiger partial charge in [-0.05, 0) is 39.7 Å². The highest BCUT2D eigenvalue weighted by Crippen LogP contribution is 2.23. The van der Waals surface area contributed by atoms with Crippen molar-refractivity contribution in [1.29, 1.82) is 5.26 Å². The second-order valence-corrected chi connectivity index (χ2v) is 3.68. The normalized spacial score (nSPS) is 9.63. The van der Waals surface area contributed by atoms with E-state index in [2.05, 4.69) is 4.98 Å². The number of rotatable bonds is 4. The van der Waals surface area contributed by atoms with Crippen LogP contribution >= 0.6 is 0 Å². The molecule has 0 unspecified atom stereocenters. The third-order valence-electron chi connectivity index (χ3n) is 2.37. The molecule has 0 saturated heterocycles. The molecule has 0 amide bonds. The molecule has 0 saturated carbocycles. The zero-order valence-corrected chi connectivity index (χ0v) is 9.81. The molecular weight excluding hydrogens is 246 g/mol. The lowest BCUT2D eigenvalue weighted by atomic mass is 10.1. The molecule has 0 spiro atoms. The maximum atomic E-state index is 10.8. The van der Waals surface area contributed by atoms with Crippen LogP contribution in [-0.4, -0.2) is 9.91 Å². The molecule has 0 bridgehead atoms. The molecule has 0 fully saturated rings. The number of hydrogen-bond acceptors (Lipinski definition) is 5. The minimum Gasteiger partial charge on any atom is -0.481 e. The third kappa shape index (κ3) is 3.04. The van der Waals surface area contributed by atoms with Crippen molar-refractivity contribution in [3.8, 4) is 11.8 Å². The Hall–Kier alpha value is -2.94. The first-order chi connectivity index (χ1) is 9.20. The van der Waals surface area contributed by atoms with E-state index in [1.165, 1.54) is 12.3 Å². The number of hydrogen-bond donors (Lipinski definition) is 0. The average molecular weight is 255 g/mol. The Morgan fingerprint density at radius 3 is 2.95 bits per heavy atom. The zero-order chi connectivity index (χ0) is 13.7. The first kappa shape index (κ1) is 12.5. The van der Waals surface area contributed by atoms with E-state index in [0.29, 0.717) is 5.56 Å². The van der Waals surface area contributed by atoms with Crippen molar-refractivity contribution in [1.82, 2.24) is 4.98 Å². The summed E-state index contributed by atoms with van der Waals surface area (Å²) in [5, 5.41) is 19.5. The summed E-state index contributed by atoms with van der Waals surface area (Å²) < 4.78 is 5.37. The van der Waals surface area contributed by atoms with Gasteiger partial charge in [-0.3, -0.25) is 0 Å². The van der Waals surface area contributed by atoms with Crippen LogP contribution in [0.15, 0.2) is 42.6 Å². The second-order valence-electron chi connectivity index (χ2n) is 3.68. The van der Waals surface area contributed by atoms with E-state index < -0.39 is 4.92 Å².